The fourth-order valence-electron chi connectivity index (χ4n) is 4.89. The molecule has 2 aromatic carbocycles. The Morgan fingerprint density at radius 1 is 1.09 bits per heavy atom. The van der Waals surface area contributed by atoms with E-state index in [4.69, 9.17) is 4.74 Å². The van der Waals surface area contributed by atoms with Crippen LogP contribution in [0.1, 0.15) is 60.5 Å². The molecule has 4 nitrogen and oxygen atoms in total. The third kappa shape index (κ3) is 7.09. The molecule has 5 heteroatoms. The Morgan fingerprint density at radius 3 is 2.48 bits per heavy atom. The molecule has 0 N–H and O–H groups in total. The van der Waals surface area contributed by atoms with E-state index in [1.165, 1.54) is 17.6 Å². The minimum absolute atomic E-state index is 0. The lowest BCUT2D eigenvalue weighted by Gasteiger charge is -2.35. The number of hydrogen-bond acceptors (Lipinski definition) is 3. The number of methoxy groups -OCH3 is 1. The fraction of sp³-hybridized carbons (Fsp3) is 0.464. The number of carbonyl (C=O) groups excluding carboxylic acids is 1. The second-order valence-electron chi connectivity index (χ2n) is 9.05. The van der Waals surface area contributed by atoms with Crippen LogP contribution in [0, 0.1) is 5.92 Å². The van der Waals surface area contributed by atoms with Crippen LogP contribution in [0.4, 0.5) is 0 Å². The number of hydrogen-bond donors (Lipinski definition) is 0. The summed E-state index contributed by atoms with van der Waals surface area (Å²) in [6, 6.07) is 16.6. The molecule has 2 atom stereocenters. The molecule has 0 spiro atoms. The van der Waals surface area contributed by atoms with Crippen LogP contribution in [0.2, 0.25) is 0 Å². The molecule has 1 aliphatic rings. The minimum atomic E-state index is 0. The van der Waals surface area contributed by atoms with Crippen LogP contribution in [0.15, 0.2) is 54.1 Å². The van der Waals surface area contributed by atoms with Gasteiger partial charge in [0.25, 0.3) is 5.91 Å². The van der Waals surface area contributed by atoms with Crippen molar-refractivity contribution in [2.75, 3.05) is 40.8 Å². The monoisotopic (exact) mass is 470 g/mol. The zero-order valence-corrected chi connectivity index (χ0v) is 21.5. The van der Waals surface area contributed by atoms with Gasteiger partial charge < -0.3 is 14.5 Å². The van der Waals surface area contributed by atoms with Crippen LogP contribution in [-0.2, 0) is 0 Å². The molecule has 180 valence electrons. The highest BCUT2D eigenvalue weighted by Crippen LogP contribution is 2.42. The molecule has 0 heterocycles. The average molecular weight is 471 g/mol. The van der Waals surface area contributed by atoms with Gasteiger partial charge in [0.2, 0.25) is 0 Å². The first-order valence-electron chi connectivity index (χ1n) is 11.8. The van der Waals surface area contributed by atoms with Crippen LogP contribution in [0.25, 0.3) is 6.08 Å². The molecule has 33 heavy (non-hydrogen) atoms. The van der Waals surface area contributed by atoms with Gasteiger partial charge in [-0.2, -0.15) is 0 Å². The van der Waals surface area contributed by atoms with Crippen LogP contribution in [0.3, 0.4) is 0 Å². The van der Waals surface area contributed by atoms with Gasteiger partial charge in [-0.05, 0) is 94.4 Å². The van der Waals surface area contributed by atoms with Gasteiger partial charge in [0.1, 0.15) is 5.75 Å². The van der Waals surface area contributed by atoms with Crippen LogP contribution in [-0.4, -0.2) is 56.5 Å². The second-order valence-corrected chi connectivity index (χ2v) is 9.05. The number of halogens is 1. The van der Waals surface area contributed by atoms with Crippen molar-refractivity contribution in [2.24, 2.45) is 5.92 Å². The molecular formula is C28H39ClN2O2. The predicted molar refractivity (Wildman–Crippen MR) is 141 cm³/mol. The molecule has 3 rings (SSSR count). The molecule has 1 fully saturated rings. The van der Waals surface area contributed by atoms with E-state index < -0.39 is 0 Å². The van der Waals surface area contributed by atoms with Gasteiger partial charge in [-0.3, -0.25) is 4.79 Å². The van der Waals surface area contributed by atoms with Gasteiger partial charge in [-0.25, -0.2) is 0 Å². The minimum Gasteiger partial charge on any atom is -0.497 e. The molecule has 0 radical (unpaired) electrons. The van der Waals surface area contributed by atoms with Crippen molar-refractivity contribution in [3.8, 4) is 5.75 Å². The lowest BCUT2D eigenvalue weighted by atomic mass is 9.73. The lowest BCUT2D eigenvalue weighted by Crippen LogP contribution is -2.30. The highest BCUT2D eigenvalue weighted by Gasteiger charge is 2.29. The lowest BCUT2D eigenvalue weighted by molar-refractivity contribution is 0.0773. The van der Waals surface area contributed by atoms with Crippen molar-refractivity contribution in [3.05, 3.63) is 70.8 Å². The SMILES string of the molecule is CCN(CC)C(=O)c1cccc(/C=C2\CC[C@H](CN(C)C)[C@H](c3cccc(OC)c3)C2)c1.Cl. The number of ether oxygens (including phenoxy) is 1. The summed E-state index contributed by atoms with van der Waals surface area (Å²) in [5.41, 5.74) is 4.70. The largest absolute Gasteiger partial charge is 0.497 e. The first kappa shape index (κ1) is 26.9. The third-order valence-corrected chi connectivity index (χ3v) is 6.56. The first-order chi connectivity index (χ1) is 15.4. The van der Waals surface area contributed by atoms with Crippen molar-refractivity contribution in [1.82, 2.24) is 9.80 Å². The third-order valence-electron chi connectivity index (χ3n) is 6.56. The van der Waals surface area contributed by atoms with Gasteiger partial charge in [0, 0.05) is 25.2 Å². The first-order valence-corrected chi connectivity index (χ1v) is 11.8. The van der Waals surface area contributed by atoms with Crippen molar-refractivity contribution >= 4 is 24.4 Å². The number of rotatable bonds is 8. The van der Waals surface area contributed by atoms with Crippen LogP contribution < -0.4 is 4.74 Å². The summed E-state index contributed by atoms with van der Waals surface area (Å²) in [6.45, 7) is 6.60. The zero-order valence-electron chi connectivity index (χ0n) is 20.7. The molecule has 0 saturated heterocycles. The molecule has 0 aliphatic heterocycles. The van der Waals surface area contributed by atoms with Gasteiger partial charge in [0.05, 0.1) is 7.11 Å². The molecule has 1 amide bonds. The number of nitrogens with zero attached hydrogens (tertiary/aromatic N) is 2. The summed E-state index contributed by atoms with van der Waals surface area (Å²) in [6.07, 6.45) is 5.62. The summed E-state index contributed by atoms with van der Waals surface area (Å²) in [5, 5.41) is 0. The molecule has 0 unspecified atom stereocenters. The fourth-order valence-corrected chi connectivity index (χ4v) is 4.89. The van der Waals surface area contributed by atoms with Crippen LogP contribution >= 0.6 is 12.4 Å². The topological polar surface area (TPSA) is 32.8 Å². The van der Waals surface area contributed by atoms with Gasteiger partial charge in [0.15, 0.2) is 0 Å². The van der Waals surface area contributed by atoms with Gasteiger partial charge in [-0.1, -0.05) is 35.9 Å². The molecule has 1 aliphatic carbocycles. The Kier molecular flexibility index (Phi) is 10.5. The van der Waals surface area contributed by atoms with Crippen molar-refractivity contribution in [2.45, 2.75) is 39.0 Å². The highest BCUT2D eigenvalue weighted by atomic mass is 35.5. The van der Waals surface area contributed by atoms with E-state index in [9.17, 15) is 4.79 Å². The molecule has 1 saturated carbocycles. The van der Waals surface area contributed by atoms with Crippen molar-refractivity contribution in [3.63, 3.8) is 0 Å². The van der Waals surface area contributed by atoms with E-state index in [1.54, 1.807) is 7.11 Å². The Hall–Kier alpha value is -2.30. The normalized spacial score (nSPS) is 19.3. The molecular weight excluding hydrogens is 432 g/mol. The van der Waals surface area contributed by atoms with Crippen LogP contribution in [0.5, 0.6) is 5.75 Å². The predicted octanol–water partition coefficient (Wildman–Crippen LogP) is 6.13. The van der Waals surface area contributed by atoms with E-state index in [0.29, 0.717) is 11.8 Å². The van der Waals surface area contributed by atoms with E-state index >= 15 is 0 Å². The molecule has 0 aromatic heterocycles. The standard InChI is InChI=1S/C28H38N2O2.ClH/c1-6-30(7-2)28(31)24-12-8-10-21(17-24)16-22-14-15-25(20-29(3)4)27(18-22)23-11-9-13-26(19-23)32-5;/h8-13,16-17,19,25,27H,6-7,14-15,18,20H2,1-5H3;1H/b22-16+;/t25-,27+;/m1./s1. The smallest absolute Gasteiger partial charge is 0.253 e. The zero-order chi connectivity index (χ0) is 23.1. The maximum atomic E-state index is 12.8. The highest BCUT2D eigenvalue weighted by molar-refractivity contribution is 5.94. The van der Waals surface area contributed by atoms with E-state index in [2.05, 4.69) is 49.3 Å². The Morgan fingerprint density at radius 2 is 1.82 bits per heavy atom. The number of benzene rings is 2. The Balaban J connectivity index is 0.00000385. The van der Waals surface area contributed by atoms with E-state index in [1.807, 2.05) is 43.0 Å². The quantitative estimate of drug-likeness (QED) is 0.465. The van der Waals surface area contributed by atoms with Gasteiger partial charge in [-0.15, -0.1) is 12.4 Å². The van der Waals surface area contributed by atoms with Crippen molar-refractivity contribution < 1.29 is 9.53 Å². The second kappa shape index (κ2) is 12.8. The summed E-state index contributed by atoms with van der Waals surface area (Å²) < 4.78 is 5.50. The number of carbonyl (C=O) groups is 1. The average Bonchev–Trinajstić information content (AvgIpc) is 2.80. The maximum Gasteiger partial charge on any atom is 0.253 e. The molecule has 2 aromatic rings. The summed E-state index contributed by atoms with van der Waals surface area (Å²) in [5.74, 6) is 2.11. The summed E-state index contributed by atoms with van der Waals surface area (Å²) in [7, 11) is 6.05. The maximum absolute atomic E-state index is 12.8. The Labute approximate surface area is 206 Å². The molecule has 0 bridgehead atoms. The van der Waals surface area contributed by atoms with Gasteiger partial charge >= 0.3 is 0 Å². The Bertz CT molecular complexity index is 937. The number of allylic oxidation sites excluding steroid dienone is 1. The number of amides is 1. The van der Waals surface area contributed by atoms with Crippen molar-refractivity contribution in [1.29, 1.82) is 0 Å². The van der Waals surface area contributed by atoms with E-state index in [0.717, 1.165) is 49.4 Å². The summed E-state index contributed by atoms with van der Waals surface area (Å²) >= 11 is 0. The summed E-state index contributed by atoms with van der Waals surface area (Å²) in [4.78, 5) is 17.0. The van der Waals surface area contributed by atoms with E-state index in [-0.39, 0.29) is 18.3 Å².